The van der Waals surface area contributed by atoms with E-state index in [1.165, 1.54) is 0 Å². The van der Waals surface area contributed by atoms with Crippen molar-refractivity contribution >= 4 is 11.6 Å². The standard InChI is InChI=1S/C10H9ClN2/c1-8-6-13(7-12-8)10-4-2-3-9(11)5-10/h2-7H,1H3. The van der Waals surface area contributed by atoms with Crippen LogP contribution in [0.2, 0.25) is 5.02 Å². The molecule has 0 atom stereocenters. The molecule has 0 spiro atoms. The number of hydrogen-bond donors (Lipinski definition) is 0. The Morgan fingerprint density at radius 2 is 2.23 bits per heavy atom. The lowest BCUT2D eigenvalue weighted by Gasteiger charge is -2.00. The minimum atomic E-state index is 0.740. The van der Waals surface area contributed by atoms with E-state index in [1.54, 1.807) is 6.33 Å². The van der Waals surface area contributed by atoms with Gasteiger partial charge in [0.1, 0.15) is 0 Å². The maximum absolute atomic E-state index is 5.87. The number of imidazole rings is 1. The lowest BCUT2D eigenvalue weighted by atomic mass is 10.3. The van der Waals surface area contributed by atoms with Crippen molar-refractivity contribution in [2.75, 3.05) is 0 Å². The van der Waals surface area contributed by atoms with Crippen molar-refractivity contribution in [3.8, 4) is 5.69 Å². The van der Waals surface area contributed by atoms with Crippen LogP contribution in [-0.4, -0.2) is 9.55 Å². The van der Waals surface area contributed by atoms with Crippen molar-refractivity contribution in [2.45, 2.75) is 6.92 Å². The molecule has 0 unspecified atom stereocenters. The highest BCUT2D eigenvalue weighted by Gasteiger charge is 1.97. The number of halogens is 1. The molecule has 0 radical (unpaired) electrons. The number of aryl methyl sites for hydroxylation is 1. The molecule has 1 heterocycles. The number of nitrogens with zero attached hydrogens (tertiary/aromatic N) is 2. The van der Waals surface area contributed by atoms with E-state index in [0.717, 1.165) is 16.4 Å². The lowest BCUT2D eigenvalue weighted by Crippen LogP contribution is -1.88. The summed E-state index contributed by atoms with van der Waals surface area (Å²) >= 11 is 5.87. The summed E-state index contributed by atoms with van der Waals surface area (Å²) in [5.41, 5.74) is 2.04. The summed E-state index contributed by atoms with van der Waals surface area (Å²) in [7, 11) is 0. The van der Waals surface area contributed by atoms with Crippen LogP contribution in [0, 0.1) is 6.92 Å². The second-order valence-corrected chi connectivity index (χ2v) is 3.34. The molecule has 2 nitrogen and oxygen atoms in total. The second-order valence-electron chi connectivity index (χ2n) is 2.90. The Bertz CT molecular complexity index is 420. The van der Waals surface area contributed by atoms with Crippen LogP contribution >= 0.6 is 11.6 Å². The summed E-state index contributed by atoms with van der Waals surface area (Å²) in [5.74, 6) is 0. The normalized spacial score (nSPS) is 10.3. The molecule has 0 N–H and O–H groups in total. The maximum atomic E-state index is 5.87. The average Bonchev–Trinajstić information content (AvgIpc) is 2.52. The highest BCUT2D eigenvalue weighted by atomic mass is 35.5. The van der Waals surface area contributed by atoms with Crippen molar-refractivity contribution in [1.29, 1.82) is 0 Å². The molecular weight excluding hydrogens is 184 g/mol. The summed E-state index contributed by atoms with van der Waals surface area (Å²) < 4.78 is 1.95. The molecule has 13 heavy (non-hydrogen) atoms. The topological polar surface area (TPSA) is 17.8 Å². The maximum Gasteiger partial charge on any atom is 0.0995 e. The predicted octanol–water partition coefficient (Wildman–Crippen LogP) is 2.83. The highest BCUT2D eigenvalue weighted by molar-refractivity contribution is 6.30. The van der Waals surface area contributed by atoms with Crippen molar-refractivity contribution in [3.05, 3.63) is 47.5 Å². The fraction of sp³-hybridized carbons (Fsp3) is 0.100. The largest absolute Gasteiger partial charge is 0.306 e. The van der Waals surface area contributed by atoms with Gasteiger partial charge in [-0.25, -0.2) is 4.98 Å². The fourth-order valence-electron chi connectivity index (χ4n) is 1.20. The van der Waals surface area contributed by atoms with E-state index in [0.29, 0.717) is 0 Å². The Balaban J connectivity index is 2.46. The number of hydrogen-bond acceptors (Lipinski definition) is 1. The van der Waals surface area contributed by atoms with E-state index in [4.69, 9.17) is 11.6 Å². The van der Waals surface area contributed by atoms with Gasteiger partial charge in [-0.1, -0.05) is 17.7 Å². The van der Waals surface area contributed by atoms with Crippen LogP contribution in [-0.2, 0) is 0 Å². The Hall–Kier alpha value is -1.28. The lowest BCUT2D eigenvalue weighted by molar-refractivity contribution is 1.06. The third-order valence-electron chi connectivity index (χ3n) is 1.82. The van der Waals surface area contributed by atoms with E-state index < -0.39 is 0 Å². The van der Waals surface area contributed by atoms with Crippen LogP contribution in [0.3, 0.4) is 0 Å². The predicted molar refractivity (Wildman–Crippen MR) is 53.3 cm³/mol. The van der Waals surface area contributed by atoms with Crippen LogP contribution in [0.5, 0.6) is 0 Å². The van der Waals surface area contributed by atoms with Gasteiger partial charge in [0.2, 0.25) is 0 Å². The van der Waals surface area contributed by atoms with Gasteiger partial charge in [0.05, 0.1) is 12.0 Å². The first kappa shape index (κ1) is 8.32. The smallest absolute Gasteiger partial charge is 0.0995 e. The van der Waals surface area contributed by atoms with Crippen LogP contribution in [0.15, 0.2) is 36.8 Å². The molecule has 0 aliphatic rings. The molecule has 2 rings (SSSR count). The fourth-order valence-corrected chi connectivity index (χ4v) is 1.38. The third-order valence-corrected chi connectivity index (χ3v) is 2.05. The first-order valence-corrected chi connectivity index (χ1v) is 4.40. The quantitative estimate of drug-likeness (QED) is 0.680. The molecule has 0 amide bonds. The zero-order valence-corrected chi connectivity index (χ0v) is 7.99. The van der Waals surface area contributed by atoms with Gasteiger partial charge in [-0.3, -0.25) is 0 Å². The Labute approximate surface area is 81.8 Å². The number of rotatable bonds is 1. The minimum absolute atomic E-state index is 0.740. The highest BCUT2D eigenvalue weighted by Crippen LogP contribution is 2.14. The van der Waals surface area contributed by atoms with Crippen LogP contribution < -0.4 is 0 Å². The van der Waals surface area contributed by atoms with Crippen LogP contribution in [0.4, 0.5) is 0 Å². The molecule has 0 aliphatic heterocycles. The van der Waals surface area contributed by atoms with E-state index in [9.17, 15) is 0 Å². The molecule has 0 saturated heterocycles. The molecule has 0 fully saturated rings. The summed E-state index contributed by atoms with van der Waals surface area (Å²) in [6.45, 7) is 1.96. The summed E-state index contributed by atoms with van der Waals surface area (Å²) in [6.07, 6.45) is 3.74. The molecule has 1 aromatic carbocycles. The van der Waals surface area contributed by atoms with Gasteiger partial charge in [-0.2, -0.15) is 0 Å². The Kier molecular flexibility index (Phi) is 2.07. The number of benzene rings is 1. The summed E-state index contributed by atoms with van der Waals surface area (Å²) in [6, 6.07) is 7.68. The minimum Gasteiger partial charge on any atom is -0.306 e. The van der Waals surface area contributed by atoms with Crippen molar-refractivity contribution in [1.82, 2.24) is 9.55 Å². The molecular formula is C10H9ClN2. The van der Waals surface area contributed by atoms with Crippen molar-refractivity contribution < 1.29 is 0 Å². The van der Waals surface area contributed by atoms with Gasteiger partial charge in [0.15, 0.2) is 0 Å². The van der Waals surface area contributed by atoms with Gasteiger partial charge >= 0.3 is 0 Å². The van der Waals surface area contributed by atoms with E-state index in [2.05, 4.69) is 4.98 Å². The van der Waals surface area contributed by atoms with Gasteiger partial charge in [0.25, 0.3) is 0 Å². The van der Waals surface area contributed by atoms with Gasteiger partial charge < -0.3 is 4.57 Å². The molecule has 3 heteroatoms. The van der Waals surface area contributed by atoms with Crippen molar-refractivity contribution in [2.24, 2.45) is 0 Å². The van der Waals surface area contributed by atoms with Crippen LogP contribution in [0.1, 0.15) is 5.69 Å². The van der Waals surface area contributed by atoms with Gasteiger partial charge in [-0.15, -0.1) is 0 Å². The van der Waals surface area contributed by atoms with E-state index in [-0.39, 0.29) is 0 Å². The van der Waals surface area contributed by atoms with E-state index in [1.807, 2.05) is 42.0 Å². The third kappa shape index (κ3) is 1.73. The molecule has 1 aromatic heterocycles. The van der Waals surface area contributed by atoms with Gasteiger partial charge in [-0.05, 0) is 25.1 Å². The van der Waals surface area contributed by atoms with E-state index >= 15 is 0 Å². The second kappa shape index (κ2) is 3.23. The SMILES string of the molecule is Cc1cn(-c2cccc(Cl)c2)cn1. The first-order chi connectivity index (χ1) is 6.25. The molecule has 66 valence electrons. The molecule has 0 saturated carbocycles. The molecule has 0 aliphatic carbocycles. The average molecular weight is 193 g/mol. The number of aromatic nitrogens is 2. The first-order valence-electron chi connectivity index (χ1n) is 4.02. The summed E-state index contributed by atoms with van der Waals surface area (Å²) in [4.78, 5) is 4.14. The molecule has 2 aromatic rings. The van der Waals surface area contributed by atoms with Crippen molar-refractivity contribution in [3.63, 3.8) is 0 Å². The Morgan fingerprint density at radius 1 is 1.38 bits per heavy atom. The van der Waals surface area contributed by atoms with Crippen LogP contribution in [0.25, 0.3) is 5.69 Å². The zero-order valence-electron chi connectivity index (χ0n) is 7.24. The molecule has 0 bridgehead atoms. The Morgan fingerprint density at radius 3 is 2.85 bits per heavy atom. The summed E-state index contributed by atoms with van der Waals surface area (Å²) in [5, 5.41) is 0.740. The van der Waals surface area contributed by atoms with Gasteiger partial charge in [0, 0.05) is 16.9 Å². The monoisotopic (exact) mass is 192 g/mol. The zero-order chi connectivity index (χ0) is 9.26.